The molecule has 1 rings (SSSR count). The van der Waals surface area contributed by atoms with Crippen molar-refractivity contribution in [2.45, 2.75) is 43.0 Å². The standard InChI is InChI=1S/C13H21NO3S2/c1-4-7-11(15)13(10(3)5-2)14-19(16,17)12-8-6-9-18-12/h4,6,8-11,13-15H,1,5,7H2,2-3H3/t10-,11?,13-/m0/s1. The van der Waals surface area contributed by atoms with Gasteiger partial charge in [-0.2, -0.15) is 0 Å². The number of rotatable bonds is 8. The maximum absolute atomic E-state index is 12.2. The lowest BCUT2D eigenvalue weighted by Gasteiger charge is -2.28. The fourth-order valence-corrected chi connectivity index (χ4v) is 4.19. The summed E-state index contributed by atoms with van der Waals surface area (Å²) in [5, 5.41) is 11.8. The molecule has 1 aromatic rings. The van der Waals surface area contributed by atoms with E-state index in [2.05, 4.69) is 11.3 Å². The van der Waals surface area contributed by atoms with Crippen molar-refractivity contribution >= 4 is 21.4 Å². The predicted octanol–water partition coefficient (Wildman–Crippen LogP) is 2.38. The smallest absolute Gasteiger partial charge is 0.250 e. The molecule has 0 aliphatic rings. The second-order valence-corrected chi connectivity index (χ2v) is 7.44. The fraction of sp³-hybridized carbons (Fsp3) is 0.538. The third-order valence-corrected chi connectivity index (χ3v) is 5.99. The van der Waals surface area contributed by atoms with Gasteiger partial charge in [-0.25, -0.2) is 13.1 Å². The van der Waals surface area contributed by atoms with Crippen LogP contribution < -0.4 is 4.72 Å². The van der Waals surface area contributed by atoms with Crippen molar-refractivity contribution in [1.82, 2.24) is 4.72 Å². The zero-order chi connectivity index (χ0) is 14.5. The van der Waals surface area contributed by atoms with Crippen molar-refractivity contribution in [3.8, 4) is 0 Å². The highest BCUT2D eigenvalue weighted by Gasteiger charge is 2.29. The van der Waals surface area contributed by atoms with Crippen LogP contribution in [0.25, 0.3) is 0 Å². The fourth-order valence-electron chi connectivity index (χ4n) is 1.80. The highest BCUT2D eigenvalue weighted by atomic mass is 32.2. The molecule has 0 fully saturated rings. The van der Waals surface area contributed by atoms with Gasteiger partial charge >= 0.3 is 0 Å². The molecule has 2 N–H and O–H groups in total. The van der Waals surface area contributed by atoms with E-state index >= 15 is 0 Å². The topological polar surface area (TPSA) is 66.4 Å². The first-order valence-corrected chi connectivity index (χ1v) is 8.63. The van der Waals surface area contributed by atoms with Crippen LogP contribution in [0.5, 0.6) is 0 Å². The molecule has 1 heterocycles. The van der Waals surface area contributed by atoms with E-state index in [1.165, 1.54) is 0 Å². The summed E-state index contributed by atoms with van der Waals surface area (Å²) in [6.07, 6.45) is 1.98. The van der Waals surface area contributed by atoms with Gasteiger partial charge in [-0.3, -0.25) is 0 Å². The highest BCUT2D eigenvalue weighted by molar-refractivity contribution is 7.91. The predicted molar refractivity (Wildman–Crippen MR) is 78.7 cm³/mol. The van der Waals surface area contributed by atoms with E-state index in [1.807, 2.05) is 13.8 Å². The maximum atomic E-state index is 12.2. The van der Waals surface area contributed by atoms with E-state index in [9.17, 15) is 13.5 Å². The number of aliphatic hydroxyl groups excluding tert-OH is 1. The Morgan fingerprint density at radius 2 is 2.26 bits per heavy atom. The molecule has 108 valence electrons. The number of sulfonamides is 1. The van der Waals surface area contributed by atoms with Crippen LogP contribution in [0.4, 0.5) is 0 Å². The minimum absolute atomic E-state index is 0.0460. The Hall–Kier alpha value is -0.690. The average molecular weight is 303 g/mol. The quantitative estimate of drug-likeness (QED) is 0.725. The van der Waals surface area contributed by atoms with Gasteiger partial charge in [0.15, 0.2) is 0 Å². The SMILES string of the molecule is C=CCC(O)[C@@H](NS(=O)(=O)c1cccs1)[C@@H](C)CC. The largest absolute Gasteiger partial charge is 0.391 e. The Labute approximate surface area is 119 Å². The van der Waals surface area contributed by atoms with Gasteiger partial charge in [0.2, 0.25) is 10.0 Å². The van der Waals surface area contributed by atoms with Crippen LogP contribution in [0.2, 0.25) is 0 Å². The lowest BCUT2D eigenvalue weighted by Crippen LogP contribution is -2.46. The molecule has 0 aliphatic carbocycles. The Balaban J connectivity index is 2.91. The zero-order valence-electron chi connectivity index (χ0n) is 11.2. The summed E-state index contributed by atoms with van der Waals surface area (Å²) < 4.78 is 27.3. The number of thiophene rings is 1. The zero-order valence-corrected chi connectivity index (χ0v) is 12.9. The van der Waals surface area contributed by atoms with Crippen molar-refractivity contribution in [2.24, 2.45) is 5.92 Å². The molecule has 0 aliphatic heterocycles. The molecular formula is C13H21NO3S2. The van der Waals surface area contributed by atoms with Gasteiger partial charge in [-0.15, -0.1) is 17.9 Å². The molecule has 0 saturated heterocycles. The van der Waals surface area contributed by atoms with E-state index in [4.69, 9.17) is 0 Å². The van der Waals surface area contributed by atoms with Crippen LogP contribution in [0.3, 0.4) is 0 Å². The number of hydrogen-bond acceptors (Lipinski definition) is 4. The normalized spacial score (nSPS) is 16.8. The Kier molecular flexibility index (Phi) is 6.19. The highest BCUT2D eigenvalue weighted by Crippen LogP contribution is 2.20. The summed E-state index contributed by atoms with van der Waals surface area (Å²) >= 11 is 1.16. The van der Waals surface area contributed by atoms with E-state index < -0.39 is 22.2 Å². The van der Waals surface area contributed by atoms with Crippen molar-refractivity contribution < 1.29 is 13.5 Å². The van der Waals surface area contributed by atoms with Gasteiger partial charge in [0.1, 0.15) is 4.21 Å². The molecule has 0 bridgehead atoms. The van der Waals surface area contributed by atoms with Crippen molar-refractivity contribution in [2.75, 3.05) is 0 Å². The van der Waals surface area contributed by atoms with Crippen LogP contribution in [-0.2, 0) is 10.0 Å². The maximum Gasteiger partial charge on any atom is 0.250 e. The van der Waals surface area contributed by atoms with Crippen LogP contribution >= 0.6 is 11.3 Å². The lowest BCUT2D eigenvalue weighted by molar-refractivity contribution is 0.114. The number of aliphatic hydroxyl groups is 1. The summed E-state index contributed by atoms with van der Waals surface area (Å²) in [4.78, 5) is 0. The molecule has 19 heavy (non-hydrogen) atoms. The molecule has 0 saturated carbocycles. The molecule has 0 spiro atoms. The molecule has 4 nitrogen and oxygen atoms in total. The van der Waals surface area contributed by atoms with Crippen LogP contribution in [0.1, 0.15) is 26.7 Å². The first-order valence-electron chi connectivity index (χ1n) is 6.27. The molecular weight excluding hydrogens is 282 g/mol. The van der Waals surface area contributed by atoms with E-state index in [0.717, 1.165) is 17.8 Å². The summed E-state index contributed by atoms with van der Waals surface area (Å²) in [7, 11) is -3.56. The monoisotopic (exact) mass is 303 g/mol. The third kappa shape index (κ3) is 4.42. The van der Waals surface area contributed by atoms with E-state index in [0.29, 0.717) is 6.42 Å². The third-order valence-electron chi connectivity index (χ3n) is 3.13. The van der Waals surface area contributed by atoms with Gasteiger partial charge in [-0.05, 0) is 23.8 Å². The molecule has 0 amide bonds. The lowest BCUT2D eigenvalue weighted by atomic mass is 9.94. The van der Waals surface area contributed by atoms with Gasteiger partial charge in [0.25, 0.3) is 0 Å². The van der Waals surface area contributed by atoms with Gasteiger partial charge in [0.05, 0.1) is 12.1 Å². The van der Waals surface area contributed by atoms with Crippen molar-refractivity contribution in [1.29, 1.82) is 0 Å². The summed E-state index contributed by atoms with van der Waals surface area (Å²) in [5.74, 6) is 0.0460. The van der Waals surface area contributed by atoms with Crippen LogP contribution in [0.15, 0.2) is 34.4 Å². The molecule has 6 heteroatoms. The van der Waals surface area contributed by atoms with Gasteiger partial charge < -0.3 is 5.11 Å². The number of hydrogen-bond donors (Lipinski definition) is 2. The molecule has 1 aromatic heterocycles. The van der Waals surface area contributed by atoms with Crippen molar-refractivity contribution in [3.63, 3.8) is 0 Å². The van der Waals surface area contributed by atoms with Crippen LogP contribution in [0, 0.1) is 5.92 Å². The minimum atomic E-state index is -3.56. The minimum Gasteiger partial charge on any atom is -0.391 e. The van der Waals surface area contributed by atoms with E-state index in [-0.39, 0.29) is 10.1 Å². The second-order valence-electron chi connectivity index (χ2n) is 4.56. The summed E-state index contributed by atoms with van der Waals surface area (Å²) in [5.41, 5.74) is 0. The summed E-state index contributed by atoms with van der Waals surface area (Å²) in [6.45, 7) is 7.47. The first kappa shape index (κ1) is 16.4. The number of nitrogens with one attached hydrogen (secondary N) is 1. The second kappa shape index (κ2) is 7.19. The molecule has 0 radical (unpaired) electrons. The van der Waals surface area contributed by atoms with Crippen molar-refractivity contribution in [3.05, 3.63) is 30.2 Å². The Morgan fingerprint density at radius 1 is 1.58 bits per heavy atom. The molecule has 0 aromatic carbocycles. The van der Waals surface area contributed by atoms with Gasteiger partial charge in [-0.1, -0.05) is 32.4 Å². The Morgan fingerprint density at radius 3 is 2.74 bits per heavy atom. The first-order chi connectivity index (χ1) is 8.92. The Bertz CT molecular complexity index is 482. The molecule has 1 unspecified atom stereocenters. The van der Waals surface area contributed by atoms with Gasteiger partial charge in [0, 0.05) is 0 Å². The van der Waals surface area contributed by atoms with Crippen LogP contribution in [-0.4, -0.2) is 25.7 Å². The average Bonchev–Trinajstić information content (AvgIpc) is 2.90. The summed E-state index contributed by atoms with van der Waals surface area (Å²) in [6, 6.07) is 2.74. The molecule has 3 atom stereocenters. The van der Waals surface area contributed by atoms with E-state index in [1.54, 1.807) is 23.6 Å².